The van der Waals surface area contributed by atoms with Crippen molar-refractivity contribution in [3.8, 4) is 17.2 Å². The highest BCUT2D eigenvalue weighted by atomic mass is 79.9. The van der Waals surface area contributed by atoms with Gasteiger partial charge in [-0.3, -0.25) is 9.79 Å². The summed E-state index contributed by atoms with van der Waals surface area (Å²) in [7, 11) is 1.64. The molecular formula is C22H25BrN2O4. The van der Waals surface area contributed by atoms with Gasteiger partial charge in [0.25, 0.3) is 0 Å². The number of benzene rings is 2. The summed E-state index contributed by atoms with van der Waals surface area (Å²) < 4.78 is 16.4. The van der Waals surface area contributed by atoms with E-state index in [-0.39, 0.29) is 29.3 Å². The number of Topliss-reactive ketones (excluding diaryl/α,β-unsaturated/α-hetero) is 1. The summed E-state index contributed by atoms with van der Waals surface area (Å²) in [6.45, 7) is 2.07. The number of hydrogen-bond acceptors (Lipinski definition) is 6. The molecule has 2 heterocycles. The first-order chi connectivity index (χ1) is 13.7. The van der Waals surface area contributed by atoms with E-state index in [4.69, 9.17) is 14.2 Å². The molecule has 0 radical (unpaired) electrons. The number of rotatable bonds is 5. The molecule has 2 aliphatic heterocycles. The van der Waals surface area contributed by atoms with Crippen LogP contribution in [0.5, 0.6) is 17.2 Å². The summed E-state index contributed by atoms with van der Waals surface area (Å²) in [6.07, 6.45) is 3.06. The summed E-state index contributed by atoms with van der Waals surface area (Å²) in [5, 5.41) is 0. The number of fused-ring (bicyclic) bond motifs is 1. The fraction of sp³-hybridized carbons (Fsp3) is 0.364. The monoisotopic (exact) mass is 460 g/mol. The van der Waals surface area contributed by atoms with E-state index < -0.39 is 0 Å². The third-order valence-electron chi connectivity index (χ3n) is 4.96. The molecule has 2 aliphatic rings. The van der Waals surface area contributed by atoms with E-state index in [9.17, 15) is 4.79 Å². The van der Waals surface area contributed by atoms with E-state index in [2.05, 4.69) is 4.99 Å². The third-order valence-corrected chi connectivity index (χ3v) is 4.96. The van der Waals surface area contributed by atoms with Gasteiger partial charge in [0.05, 0.1) is 13.7 Å². The Hall–Kier alpha value is -2.54. The summed E-state index contributed by atoms with van der Waals surface area (Å²) in [5.41, 5.74) is 1.55. The van der Waals surface area contributed by atoms with Crippen LogP contribution in [0.4, 0.5) is 5.69 Å². The molecule has 0 spiro atoms. The molecule has 0 amide bonds. The van der Waals surface area contributed by atoms with Crippen LogP contribution in [0.2, 0.25) is 0 Å². The number of anilines is 1. The largest absolute Gasteiger partial charge is 0.497 e. The minimum absolute atomic E-state index is 0. The van der Waals surface area contributed by atoms with Crippen molar-refractivity contribution >= 4 is 34.3 Å². The van der Waals surface area contributed by atoms with Gasteiger partial charge in [0, 0.05) is 24.2 Å². The van der Waals surface area contributed by atoms with Crippen LogP contribution in [0.25, 0.3) is 0 Å². The lowest BCUT2D eigenvalue weighted by Gasteiger charge is -2.28. The molecule has 6 nitrogen and oxygen atoms in total. The summed E-state index contributed by atoms with van der Waals surface area (Å²) in [5.74, 6) is 3.07. The quantitative estimate of drug-likeness (QED) is 0.621. The Morgan fingerprint density at radius 3 is 2.52 bits per heavy atom. The Morgan fingerprint density at radius 2 is 1.83 bits per heavy atom. The predicted octanol–water partition coefficient (Wildman–Crippen LogP) is 4.32. The zero-order valence-corrected chi connectivity index (χ0v) is 18.1. The van der Waals surface area contributed by atoms with Crippen molar-refractivity contribution in [3.63, 3.8) is 0 Å². The van der Waals surface area contributed by atoms with Gasteiger partial charge in [-0.15, -0.1) is 17.0 Å². The van der Waals surface area contributed by atoms with E-state index in [0.717, 1.165) is 43.1 Å². The Morgan fingerprint density at radius 1 is 1.07 bits per heavy atom. The number of amidine groups is 1. The highest BCUT2D eigenvalue weighted by Gasteiger charge is 2.21. The molecule has 0 aliphatic carbocycles. The average Bonchev–Trinajstić information content (AvgIpc) is 2.77. The number of hydrogen-bond donors (Lipinski definition) is 0. The molecule has 0 aromatic heterocycles. The molecule has 0 unspecified atom stereocenters. The van der Waals surface area contributed by atoms with Gasteiger partial charge >= 0.3 is 0 Å². The minimum Gasteiger partial charge on any atom is -0.497 e. The minimum atomic E-state index is 0. The lowest BCUT2D eigenvalue weighted by molar-refractivity contribution is 0.100. The topological polar surface area (TPSA) is 60.4 Å². The predicted molar refractivity (Wildman–Crippen MR) is 119 cm³/mol. The van der Waals surface area contributed by atoms with Crippen molar-refractivity contribution in [2.24, 2.45) is 4.99 Å². The molecule has 2 aromatic carbocycles. The second-order valence-electron chi connectivity index (χ2n) is 6.82. The maximum Gasteiger partial charge on any atom is 0.182 e. The Bertz CT molecular complexity index is 883. The first-order valence-corrected chi connectivity index (χ1v) is 9.62. The number of carbonyl (C=O) groups is 1. The van der Waals surface area contributed by atoms with Crippen molar-refractivity contribution < 1.29 is 19.0 Å². The van der Waals surface area contributed by atoms with Gasteiger partial charge in [0.15, 0.2) is 17.3 Å². The van der Waals surface area contributed by atoms with Gasteiger partial charge < -0.3 is 19.1 Å². The van der Waals surface area contributed by atoms with E-state index in [1.807, 2.05) is 29.2 Å². The molecule has 7 heteroatoms. The smallest absolute Gasteiger partial charge is 0.182 e. The number of methoxy groups -OCH3 is 1. The molecule has 2 aromatic rings. The number of ether oxygens (including phenoxy) is 3. The second-order valence-corrected chi connectivity index (χ2v) is 6.82. The van der Waals surface area contributed by atoms with Crippen LogP contribution in [0.15, 0.2) is 47.5 Å². The molecule has 0 N–H and O–H groups in total. The second kappa shape index (κ2) is 9.78. The normalized spacial score (nSPS) is 15.0. The molecule has 154 valence electrons. The molecule has 0 saturated carbocycles. The van der Waals surface area contributed by atoms with Crippen LogP contribution < -0.4 is 19.1 Å². The molecular weight excluding hydrogens is 436 g/mol. The molecule has 0 saturated heterocycles. The van der Waals surface area contributed by atoms with Crippen LogP contribution >= 0.6 is 17.0 Å². The summed E-state index contributed by atoms with van der Waals surface area (Å²) in [6, 6.07) is 13.1. The lowest BCUT2D eigenvalue weighted by Crippen LogP contribution is -2.37. The van der Waals surface area contributed by atoms with Crippen molar-refractivity contribution in [1.29, 1.82) is 0 Å². The van der Waals surface area contributed by atoms with Crippen molar-refractivity contribution in [3.05, 3.63) is 48.0 Å². The Labute approximate surface area is 181 Å². The molecule has 29 heavy (non-hydrogen) atoms. The van der Waals surface area contributed by atoms with Gasteiger partial charge in [-0.25, -0.2) is 0 Å². The number of halogens is 1. The third kappa shape index (κ3) is 4.90. The number of aliphatic imine (C=N–C) groups is 1. The lowest BCUT2D eigenvalue weighted by atomic mass is 10.1. The zero-order valence-electron chi connectivity index (χ0n) is 16.4. The molecule has 0 bridgehead atoms. The molecule has 4 rings (SSSR count). The maximum atomic E-state index is 13.1. The van der Waals surface area contributed by atoms with Crippen molar-refractivity contribution in [1.82, 2.24) is 0 Å². The molecule has 0 fully saturated rings. The fourth-order valence-corrected chi connectivity index (χ4v) is 3.45. The Balaban J connectivity index is 0.00000240. The first kappa shape index (κ1) is 21.2. The van der Waals surface area contributed by atoms with Gasteiger partial charge in [-0.05, 0) is 55.3 Å². The van der Waals surface area contributed by atoms with Crippen molar-refractivity contribution in [2.45, 2.75) is 19.3 Å². The van der Waals surface area contributed by atoms with Crippen LogP contribution in [-0.4, -0.2) is 45.0 Å². The van der Waals surface area contributed by atoms with E-state index >= 15 is 0 Å². The first-order valence-electron chi connectivity index (χ1n) is 9.62. The fourth-order valence-electron chi connectivity index (χ4n) is 3.45. The van der Waals surface area contributed by atoms with Crippen LogP contribution in [0.3, 0.4) is 0 Å². The van der Waals surface area contributed by atoms with Crippen LogP contribution in [0.1, 0.15) is 29.6 Å². The zero-order chi connectivity index (χ0) is 19.3. The Kier molecular flexibility index (Phi) is 7.14. The van der Waals surface area contributed by atoms with Gasteiger partial charge in [-0.1, -0.05) is 0 Å². The summed E-state index contributed by atoms with van der Waals surface area (Å²) in [4.78, 5) is 19.8. The van der Waals surface area contributed by atoms with Gasteiger partial charge in [0.2, 0.25) is 0 Å². The number of carbonyl (C=O) groups excluding carboxylic acids is 1. The van der Waals surface area contributed by atoms with E-state index in [1.54, 1.807) is 25.3 Å². The molecule has 0 atom stereocenters. The highest BCUT2D eigenvalue weighted by Crippen LogP contribution is 2.31. The van der Waals surface area contributed by atoms with Crippen molar-refractivity contribution in [2.75, 3.05) is 38.3 Å². The van der Waals surface area contributed by atoms with Crippen LogP contribution in [-0.2, 0) is 0 Å². The SMILES string of the molecule is Br.COc1ccc(N(CC(=O)c2ccc3c(c2)OCCO3)C2=NCCCC2)cc1. The maximum absolute atomic E-state index is 13.1. The van der Waals surface area contributed by atoms with E-state index in [0.29, 0.717) is 30.3 Å². The summed E-state index contributed by atoms with van der Waals surface area (Å²) >= 11 is 0. The van der Waals surface area contributed by atoms with Gasteiger partial charge in [-0.2, -0.15) is 0 Å². The van der Waals surface area contributed by atoms with Crippen LogP contribution in [0, 0.1) is 0 Å². The van der Waals surface area contributed by atoms with E-state index in [1.165, 1.54) is 0 Å². The highest BCUT2D eigenvalue weighted by molar-refractivity contribution is 8.93. The number of nitrogens with zero attached hydrogens (tertiary/aromatic N) is 2. The number of ketones is 1. The average molecular weight is 461 g/mol. The van der Waals surface area contributed by atoms with Gasteiger partial charge in [0.1, 0.15) is 24.8 Å². The standard InChI is InChI=1S/C22H24N2O4.BrH/c1-26-18-8-6-17(7-9-18)24(22-4-2-3-11-23-22)15-19(25)16-5-10-20-21(14-16)28-13-12-27-20;/h5-10,14H,2-4,11-13,15H2,1H3;1H.